The lowest BCUT2D eigenvalue weighted by molar-refractivity contribution is -0.156. The Hall–Kier alpha value is -7.28. The molecule has 5 amide bonds. The smallest absolute Gasteiger partial charge is 0.353 e. The van der Waals surface area contributed by atoms with Crippen LogP contribution in [0, 0.1) is 0 Å². The van der Waals surface area contributed by atoms with Crippen molar-refractivity contribution >= 4 is 65.0 Å². The molecule has 20 heteroatoms. The van der Waals surface area contributed by atoms with Crippen LogP contribution >= 0.6 is 11.6 Å². The molecule has 2 heterocycles. The van der Waals surface area contributed by atoms with E-state index in [9.17, 15) is 53.4 Å². The molecule has 0 saturated carbocycles. The van der Waals surface area contributed by atoms with Crippen molar-refractivity contribution in [2.75, 3.05) is 19.6 Å². The third kappa shape index (κ3) is 10.9. The van der Waals surface area contributed by atoms with Crippen molar-refractivity contribution in [3.05, 3.63) is 94.1 Å². The van der Waals surface area contributed by atoms with Crippen LogP contribution in [0.2, 0.25) is 0 Å². The van der Waals surface area contributed by atoms with Gasteiger partial charge in [0.15, 0.2) is 23.0 Å². The molecule has 0 spiro atoms. The number of esters is 3. The van der Waals surface area contributed by atoms with E-state index in [0.717, 1.165) is 30.6 Å². The predicted molar refractivity (Wildman–Crippen MR) is 216 cm³/mol. The van der Waals surface area contributed by atoms with Crippen LogP contribution in [-0.4, -0.2) is 105 Å². The van der Waals surface area contributed by atoms with Crippen LogP contribution in [0.4, 0.5) is 0 Å². The molecule has 3 atom stereocenters. The minimum absolute atomic E-state index is 0.00899. The third-order valence-corrected chi connectivity index (χ3v) is 9.91. The maximum atomic E-state index is 14.0. The quantitative estimate of drug-likeness (QED) is 0.0566. The van der Waals surface area contributed by atoms with E-state index < -0.39 is 83.8 Å². The molecule has 19 nitrogen and oxygen atoms in total. The van der Waals surface area contributed by atoms with Gasteiger partial charge in [-0.3, -0.25) is 43.3 Å². The molecule has 62 heavy (non-hydrogen) atoms. The summed E-state index contributed by atoms with van der Waals surface area (Å²) in [4.78, 5) is 117. The molecule has 5 N–H and O–H groups in total. The third-order valence-electron chi connectivity index (χ3n) is 9.55. The van der Waals surface area contributed by atoms with Gasteiger partial charge in [0.2, 0.25) is 11.8 Å². The number of fused-ring (bicyclic) bond motifs is 1. The largest absolute Gasteiger partial charge is 0.504 e. The Balaban J connectivity index is 1.31. The molecule has 326 valence electrons. The van der Waals surface area contributed by atoms with Gasteiger partial charge in [0, 0.05) is 38.9 Å². The number of rotatable bonds is 17. The number of amides is 5. The Morgan fingerprint density at radius 2 is 1.47 bits per heavy atom. The second-order valence-corrected chi connectivity index (χ2v) is 14.5. The van der Waals surface area contributed by atoms with Gasteiger partial charge in [0.25, 0.3) is 17.7 Å². The highest BCUT2D eigenvalue weighted by atomic mass is 35.5. The predicted octanol–water partition coefficient (Wildman–Crippen LogP) is 2.70. The van der Waals surface area contributed by atoms with Gasteiger partial charge in [-0.1, -0.05) is 54.1 Å². The second-order valence-electron chi connectivity index (χ2n) is 14.0. The minimum Gasteiger partial charge on any atom is -0.504 e. The van der Waals surface area contributed by atoms with Gasteiger partial charge in [0.05, 0.1) is 23.7 Å². The van der Waals surface area contributed by atoms with Crippen LogP contribution in [-0.2, 0) is 33.6 Å². The molecule has 1 saturated heterocycles. The fraction of sp³-hybridized carbons (Fsp3) is 0.310. The summed E-state index contributed by atoms with van der Waals surface area (Å²) in [7, 11) is 0. The Morgan fingerprint density at radius 3 is 2.11 bits per heavy atom. The number of carbonyl (C=O) groups excluding carboxylic acids is 8. The van der Waals surface area contributed by atoms with E-state index in [1.807, 2.05) is 0 Å². The SMILES string of the molecule is CC(=O)Oc1cccc(C(=O)N(CCCCNC(=O)c2cccc(OC(C)=O)c2OC(C)=O)CC(=O)N[C@H](C(=O)N[C@@H]2C(=O)N3C(C(=O)O)=C(Cl)CC[C@H]23)c2ccccc2)c1O. The number of β-lactam (4-membered cyclic amide) rings is 1. The monoisotopic (exact) mass is 875 g/mol. The molecular formula is C42H42ClN5O14. The lowest BCUT2D eigenvalue weighted by Crippen LogP contribution is -2.72. The highest BCUT2D eigenvalue weighted by Gasteiger charge is 2.53. The number of phenols is 1. The summed E-state index contributed by atoms with van der Waals surface area (Å²) in [6, 6.07) is 12.8. The summed E-state index contributed by atoms with van der Waals surface area (Å²) in [5, 5.41) is 28.5. The van der Waals surface area contributed by atoms with E-state index in [1.165, 1.54) is 36.4 Å². The number of allylic oxidation sites excluding steroid dienone is 1. The number of aromatic hydroxyl groups is 1. The van der Waals surface area contributed by atoms with E-state index in [4.69, 9.17) is 25.8 Å². The molecule has 0 aliphatic carbocycles. The number of carbonyl (C=O) groups is 9. The molecule has 0 aromatic heterocycles. The summed E-state index contributed by atoms with van der Waals surface area (Å²) < 4.78 is 15.3. The first kappa shape index (κ1) is 45.8. The Kier molecular flexibility index (Phi) is 15.0. The van der Waals surface area contributed by atoms with E-state index in [2.05, 4.69) is 16.0 Å². The molecule has 3 aromatic carbocycles. The van der Waals surface area contributed by atoms with Gasteiger partial charge < -0.3 is 45.3 Å². The number of benzene rings is 3. The summed E-state index contributed by atoms with van der Waals surface area (Å²) in [5.74, 6) is -8.89. The molecule has 0 unspecified atom stereocenters. The number of aliphatic carboxylic acids is 1. The number of carboxylic acids is 1. The molecule has 0 radical (unpaired) electrons. The van der Waals surface area contributed by atoms with Crippen molar-refractivity contribution in [2.45, 2.75) is 64.6 Å². The number of carboxylic acid groups (broad SMARTS) is 1. The normalized spacial score (nSPS) is 15.8. The lowest BCUT2D eigenvalue weighted by atomic mass is 9.86. The zero-order valence-corrected chi connectivity index (χ0v) is 34.4. The highest BCUT2D eigenvalue weighted by molar-refractivity contribution is 6.32. The number of nitrogens with zero attached hydrogens (tertiary/aromatic N) is 2. The van der Waals surface area contributed by atoms with Gasteiger partial charge in [0.1, 0.15) is 17.8 Å². The number of para-hydroxylation sites is 2. The topological polar surface area (TPSA) is 264 Å². The van der Waals surface area contributed by atoms with E-state index in [0.29, 0.717) is 5.56 Å². The van der Waals surface area contributed by atoms with Crippen molar-refractivity contribution < 1.29 is 67.6 Å². The summed E-state index contributed by atoms with van der Waals surface area (Å²) in [5.41, 5.74) is -0.461. The molecule has 1 fully saturated rings. The molecule has 3 aromatic rings. The average molecular weight is 876 g/mol. The molecular weight excluding hydrogens is 834 g/mol. The van der Waals surface area contributed by atoms with Crippen LogP contribution in [0.15, 0.2) is 77.5 Å². The number of hydrogen-bond donors (Lipinski definition) is 5. The zero-order chi connectivity index (χ0) is 45.2. The molecule has 5 rings (SSSR count). The molecule has 0 bridgehead atoms. The number of nitrogens with one attached hydrogen (secondary N) is 3. The van der Waals surface area contributed by atoms with Crippen LogP contribution < -0.4 is 30.2 Å². The fourth-order valence-corrected chi connectivity index (χ4v) is 7.12. The zero-order valence-electron chi connectivity index (χ0n) is 33.6. The first-order chi connectivity index (χ1) is 29.5. The van der Waals surface area contributed by atoms with Crippen LogP contribution in [0.5, 0.6) is 23.0 Å². The van der Waals surface area contributed by atoms with Crippen molar-refractivity contribution in [3.63, 3.8) is 0 Å². The van der Waals surface area contributed by atoms with Crippen LogP contribution in [0.1, 0.15) is 78.8 Å². The average Bonchev–Trinajstić information content (AvgIpc) is 3.21. The van der Waals surface area contributed by atoms with Gasteiger partial charge >= 0.3 is 23.9 Å². The Bertz CT molecular complexity index is 2330. The van der Waals surface area contributed by atoms with E-state index in [-0.39, 0.29) is 77.9 Å². The Labute approximate surface area is 358 Å². The number of phenolic OH excluding ortho intramolecular Hbond substituents is 1. The first-order valence-electron chi connectivity index (χ1n) is 19.2. The fourth-order valence-electron chi connectivity index (χ4n) is 6.84. The van der Waals surface area contributed by atoms with Crippen molar-refractivity contribution in [1.29, 1.82) is 0 Å². The molecule has 2 aliphatic heterocycles. The van der Waals surface area contributed by atoms with E-state index in [1.54, 1.807) is 30.3 Å². The lowest BCUT2D eigenvalue weighted by Gasteiger charge is -2.49. The number of unbranched alkanes of at least 4 members (excludes halogenated alkanes) is 1. The van der Waals surface area contributed by atoms with Crippen molar-refractivity contribution in [2.24, 2.45) is 0 Å². The number of ether oxygens (including phenoxy) is 3. The summed E-state index contributed by atoms with van der Waals surface area (Å²) in [6.07, 6.45) is 0.825. The molecule has 2 aliphatic rings. The standard InChI is InChI=1S/C42H42ClN5O14/c1-22(49)60-30-15-9-13-26(36(30)53)40(56)47(20-8-7-19-44-38(54)27-14-10-16-31(61-23(2)50)37(27)62-24(3)51)21-32(52)45-33(25-11-5-4-6-12-25)39(55)46-34-29-18-17-28(43)35(42(58)59)48(29)41(34)57/h4-6,9-16,29,33-34,53H,7-8,17-21H2,1-3H3,(H,44,54)(H,45,52)(H,46,55)(H,58,59)/t29-,33+,34+/m1/s1. The maximum Gasteiger partial charge on any atom is 0.353 e. The van der Waals surface area contributed by atoms with E-state index >= 15 is 0 Å². The van der Waals surface area contributed by atoms with Crippen LogP contribution in [0.3, 0.4) is 0 Å². The van der Waals surface area contributed by atoms with Gasteiger partial charge in [-0.15, -0.1) is 0 Å². The number of hydrogen-bond acceptors (Lipinski definition) is 13. The second kappa shape index (κ2) is 20.3. The van der Waals surface area contributed by atoms with Gasteiger partial charge in [-0.25, -0.2) is 4.79 Å². The van der Waals surface area contributed by atoms with Crippen LogP contribution in [0.25, 0.3) is 0 Å². The van der Waals surface area contributed by atoms with Crippen molar-refractivity contribution in [3.8, 4) is 23.0 Å². The maximum absolute atomic E-state index is 14.0. The highest BCUT2D eigenvalue weighted by Crippen LogP contribution is 2.38. The van der Waals surface area contributed by atoms with Gasteiger partial charge in [-0.05, 0) is 55.5 Å². The number of halogens is 1. The summed E-state index contributed by atoms with van der Waals surface area (Å²) >= 11 is 6.10. The first-order valence-corrected chi connectivity index (χ1v) is 19.5. The Morgan fingerprint density at radius 1 is 0.839 bits per heavy atom. The van der Waals surface area contributed by atoms with Gasteiger partial charge in [-0.2, -0.15) is 0 Å². The summed E-state index contributed by atoms with van der Waals surface area (Å²) in [6.45, 7) is 2.55. The van der Waals surface area contributed by atoms with Crippen molar-refractivity contribution in [1.82, 2.24) is 25.8 Å². The minimum atomic E-state index is -1.39.